The summed E-state index contributed by atoms with van der Waals surface area (Å²) in [5, 5.41) is 0. The number of hydrogen-bond acceptors (Lipinski definition) is 3. The molecule has 2 heterocycles. The Bertz CT molecular complexity index is 683. The summed E-state index contributed by atoms with van der Waals surface area (Å²) in [4.78, 5) is 19.1. The second-order valence-corrected chi connectivity index (χ2v) is 6.62. The molecule has 1 aromatic carbocycles. The normalized spacial score (nSPS) is 19.0. The molecule has 1 amide bonds. The summed E-state index contributed by atoms with van der Waals surface area (Å²) in [5.41, 5.74) is 1.09. The van der Waals surface area contributed by atoms with E-state index in [0.29, 0.717) is 12.6 Å². The van der Waals surface area contributed by atoms with Gasteiger partial charge in [0.05, 0.1) is 12.6 Å². The second-order valence-electron chi connectivity index (χ2n) is 6.62. The van der Waals surface area contributed by atoms with Crippen LogP contribution in [0, 0.1) is 0 Å². The Morgan fingerprint density at radius 1 is 1.36 bits per heavy atom. The molecule has 0 saturated carbocycles. The predicted molar refractivity (Wildman–Crippen MR) is 97.1 cm³/mol. The van der Waals surface area contributed by atoms with Crippen molar-refractivity contribution >= 4 is 5.91 Å². The number of aryl methyl sites for hydroxylation is 1. The molecule has 5 nitrogen and oxygen atoms in total. The summed E-state index contributed by atoms with van der Waals surface area (Å²) >= 11 is 0. The molecule has 1 aliphatic heterocycles. The van der Waals surface area contributed by atoms with Gasteiger partial charge in [-0.25, -0.2) is 4.98 Å². The number of hydrogen-bond donors (Lipinski definition) is 0. The molecule has 0 radical (unpaired) electrons. The Morgan fingerprint density at radius 2 is 2.16 bits per heavy atom. The van der Waals surface area contributed by atoms with Gasteiger partial charge in [-0.15, -0.1) is 0 Å². The number of amides is 1. The number of piperidine rings is 1. The monoisotopic (exact) mass is 341 g/mol. The van der Waals surface area contributed by atoms with Crippen molar-refractivity contribution < 1.29 is 9.53 Å². The highest BCUT2D eigenvalue weighted by Gasteiger charge is 2.28. The van der Waals surface area contributed by atoms with E-state index >= 15 is 0 Å². The highest BCUT2D eigenvalue weighted by molar-refractivity contribution is 5.80. The van der Waals surface area contributed by atoms with Gasteiger partial charge in [-0.3, -0.25) is 4.79 Å². The maximum atomic E-state index is 12.8. The van der Waals surface area contributed by atoms with E-state index in [0.717, 1.165) is 43.7 Å². The molecule has 134 valence electrons. The fraction of sp³-hybridized carbons (Fsp3) is 0.500. The third-order valence-electron chi connectivity index (χ3n) is 4.86. The minimum atomic E-state index is -0.424. The number of ether oxygens (including phenoxy) is 1. The second kappa shape index (κ2) is 8.30. The number of nitrogens with zero attached hydrogens (tertiary/aromatic N) is 3. The van der Waals surface area contributed by atoms with Gasteiger partial charge in [-0.1, -0.05) is 37.3 Å². The quantitative estimate of drug-likeness (QED) is 0.810. The number of benzene rings is 1. The molecule has 25 heavy (non-hydrogen) atoms. The molecule has 1 fully saturated rings. The Balaban J connectivity index is 1.57. The molecular formula is C20H27N3O2. The Hall–Kier alpha value is -2.14. The minimum absolute atomic E-state index is 0.0822. The first kappa shape index (κ1) is 17.7. The van der Waals surface area contributed by atoms with Crippen molar-refractivity contribution in [2.45, 2.75) is 51.9 Å². The third kappa shape index (κ3) is 4.28. The van der Waals surface area contributed by atoms with Crippen molar-refractivity contribution in [2.75, 3.05) is 13.1 Å². The molecule has 2 unspecified atom stereocenters. The van der Waals surface area contributed by atoms with E-state index in [1.54, 1.807) is 0 Å². The molecule has 3 rings (SSSR count). The van der Waals surface area contributed by atoms with Crippen molar-refractivity contribution in [1.82, 2.24) is 14.5 Å². The number of likely N-dealkylation sites (tertiary alicyclic amines) is 1. The van der Waals surface area contributed by atoms with Gasteiger partial charge in [0.15, 0.2) is 0 Å². The van der Waals surface area contributed by atoms with Crippen LogP contribution in [-0.2, 0) is 22.6 Å². The molecular weight excluding hydrogens is 314 g/mol. The summed E-state index contributed by atoms with van der Waals surface area (Å²) < 4.78 is 8.03. The van der Waals surface area contributed by atoms with Gasteiger partial charge in [0.2, 0.25) is 0 Å². The van der Waals surface area contributed by atoms with Gasteiger partial charge in [0, 0.05) is 31.9 Å². The van der Waals surface area contributed by atoms with E-state index < -0.39 is 6.10 Å². The lowest BCUT2D eigenvalue weighted by Gasteiger charge is -2.35. The zero-order valence-electron chi connectivity index (χ0n) is 15.1. The van der Waals surface area contributed by atoms with Crippen LogP contribution in [0.25, 0.3) is 0 Å². The summed E-state index contributed by atoms with van der Waals surface area (Å²) in [7, 11) is 0. The lowest BCUT2D eigenvalue weighted by atomic mass is 10.0. The van der Waals surface area contributed by atoms with Crippen LogP contribution in [0.15, 0.2) is 42.7 Å². The number of carbonyl (C=O) groups excluding carboxylic acids is 1. The molecule has 1 aromatic heterocycles. The van der Waals surface area contributed by atoms with E-state index in [2.05, 4.69) is 16.5 Å². The van der Waals surface area contributed by atoms with E-state index in [-0.39, 0.29) is 5.91 Å². The standard InChI is InChI=1S/C20H27N3O2/c1-3-19-21-11-13-23(19)18-10-7-12-22(14-18)20(24)16(2)25-15-17-8-5-4-6-9-17/h4-6,8-9,11,13,16,18H,3,7,10,12,14-15H2,1-2H3. The smallest absolute Gasteiger partial charge is 0.251 e. The fourth-order valence-electron chi connectivity index (χ4n) is 3.46. The number of rotatable bonds is 6. The molecule has 0 N–H and O–H groups in total. The van der Waals surface area contributed by atoms with Crippen LogP contribution in [0.2, 0.25) is 0 Å². The van der Waals surface area contributed by atoms with Crippen molar-refractivity contribution in [1.29, 1.82) is 0 Å². The van der Waals surface area contributed by atoms with E-state index in [9.17, 15) is 4.79 Å². The zero-order valence-corrected chi connectivity index (χ0v) is 15.1. The van der Waals surface area contributed by atoms with Crippen molar-refractivity contribution in [3.05, 3.63) is 54.1 Å². The molecule has 1 aliphatic rings. The van der Waals surface area contributed by atoms with Crippen LogP contribution in [0.4, 0.5) is 0 Å². The molecule has 0 spiro atoms. The van der Waals surface area contributed by atoms with Gasteiger partial charge in [0.1, 0.15) is 11.9 Å². The van der Waals surface area contributed by atoms with Gasteiger partial charge in [0.25, 0.3) is 5.91 Å². The first-order chi connectivity index (χ1) is 12.2. The summed E-state index contributed by atoms with van der Waals surface area (Å²) in [5.74, 6) is 1.17. The first-order valence-corrected chi connectivity index (χ1v) is 9.15. The predicted octanol–water partition coefficient (Wildman–Crippen LogP) is 3.21. The number of aromatic nitrogens is 2. The molecule has 0 aliphatic carbocycles. The van der Waals surface area contributed by atoms with Crippen LogP contribution >= 0.6 is 0 Å². The van der Waals surface area contributed by atoms with Crippen molar-refractivity contribution in [3.8, 4) is 0 Å². The van der Waals surface area contributed by atoms with Gasteiger partial charge in [-0.05, 0) is 25.3 Å². The minimum Gasteiger partial charge on any atom is -0.364 e. The van der Waals surface area contributed by atoms with Crippen molar-refractivity contribution in [2.24, 2.45) is 0 Å². The Kier molecular flexibility index (Phi) is 5.87. The van der Waals surface area contributed by atoms with Crippen molar-refractivity contribution in [3.63, 3.8) is 0 Å². The average molecular weight is 341 g/mol. The fourth-order valence-corrected chi connectivity index (χ4v) is 3.46. The van der Waals surface area contributed by atoms with Crippen LogP contribution in [-0.4, -0.2) is 39.6 Å². The lowest BCUT2D eigenvalue weighted by Crippen LogP contribution is -2.45. The third-order valence-corrected chi connectivity index (χ3v) is 4.86. The van der Waals surface area contributed by atoms with Gasteiger partial charge < -0.3 is 14.2 Å². The van der Waals surface area contributed by atoms with Gasteiger partial charge >= 0.3 is 0 Å². The van der Waals surface area contributed by atoms with Crippen LogP contribution in [0.3, 0.4) is 0 Å². The lowest BCUT2D eigenvalue weighted by molar-refractivity contribution is -0.145. The van der Waals surface area contributed by atoms with E-state index in [1.807, 2.05) is 54.5 Å². The van der Waals surface area contributed by atoms with Crippen LogP contribution < -0.4 is 0 Å². The maximum absolute atomic E-state index is 12.8. The zero-order chi connectivity index (χ0) is 17.6. The number of imidazole rings is 1. The number of carbonyl (C=O) groups is 1. The molecule has 5 heteroatoms. The molecule has 0 bridgehead atoms. The largest absolute Gasteiger partial charge is 0.364 e. The first-order valence-electron chi connectivity index (χ1n) is 9.15. The molecule has 2 aromatic rings. The van der Waals surface area contributed by atoms with Crippen LogP contribution in [0.1, 0.15) is 44.1 Å². The molecule has 2 atom stereocenters. The highest BCUT2D eigenvalue weighted by atomic mass is 16.5. The summed E-state index contributed by atoms with van der Waals surface area (Å²) in [6.45, 7) is 5.98. The van der Waals surface area contributed by atoms with E-state index in [1.165, 1.54) is 0 Å². The van der Waals surface area contributed by atoms with E-state index in [4.69, 9.17) is 4.74 Å². The Labute approximate surface area is 149 Å². The highest BCUT2D eigenvalue weighted by Crippen LogP contribution is 2.24. The Morgan fingerprint density at radius 3 is 2.92 bits per heavy atom. The summed E-state index contributed by atoms with van der Waals surface area (Å²) in [6.07, 6.45) is 6.48. The van der Waals surface area contributed by atoms with Gasteiger partial charge in [-0.2, -0.15) is 0 Å². The molecule has 1 saturated heterocycles. The SMILES string of the molecule is CCc1nccn1C1CCCN(C(=O)C(C)OCc2ccccc2)C1. The summed E-state index contributed by atoms with van der Waals surface area (Å²) in [6, 6.07) is 10.3. The average Bonchev–Trinajstić information content (AvgIpc) is 3.15. The topological polar surface area (TPSA) is 47.4 Å². The maximum Gasteiger partial charge on any atom is 0.251 e. The van der Waals surface area contributed by atoms with Crippen LogP contribution in [0.5, 0.6) is 0 Å².